The number of carbonyl (C=O) groups excluding carboxylic acids is 1. The van der Waals surface area contributed by atoms with Gasteiger partial charge < -0.3 is 15.5 Å². The van der Waals surface area contributed by atoms with Crippen molar-refractivity contribution in [2.45, 2.75) is 33.2 Å². The predicted molar refractivity (Wildman–Crippen MR) is 132 cm³/mol. The minimum absolute atomic E-state index is 0.0125. The summed E-state index contributed by atoms with van der Waals surface area (Å²) in [6.07, 6.45) is 2.50. The number of benzene rings is 1. The van der Waals surface area contributed by atoms with Gasteiger partial charge in [-0.15, -0.1) is 0 Å². The van der Waals surface area contributed by atoms with E-state index in [4.69, 9.17) is 0 Å². The summed E-state index contributed by atoms with van der Waals surface area (Å²) in [7, 11) is 1.81. The standard InChI is InChI=1S/C25H38N6O/c1-5-26-25(28-19-23(31(6-2)7-3)21-13-9-8-10-14-21)29-20-24(32)30(4)18-16-22-15-11-12-17-27-22/h8-15,17,23H,5-7,16,18-20H2,1-4H3,(H2,26,28,29). The highest BCUT2D eigenvalue weighted by molar-refractivity contribution is 5.84. The molecule has 0 saturated carbocycles. The Hall–Kier alpha value is -2.93. The first-order chi connectivity index (χ1) is 15.6. The van der Waals surface area contributed by atoms with E-state index in [1.165, 1.54) is 5.56 Å². The van der Waals surface area contributed by atoms with E-state index in [0.29, 0.717) is 19.0 Å². The van der Waals surface area contributed by atoms with Gasteiger partial charge in [-0.2, -0.15) is 0 Å². The van der Waals surface area contributed by atoms with Crippen molar-refractivity contribution in [3.63, 3.8) is 0 Å². The normalized spacial score (nSPS) is 12.5. The molecule has 1 aromatic carbocycles. The third kappa shape index (κ3) is 8.30. The van der Waals surface area contributed by atoms with Crippen molar-refractivity contribution in [2.24, 2.45) is 4.99 Å². The number of carbonyl (C=O) groups is 1. The van der Waals surface area contributed by atoms with Crippen molar-refractivity contribution in [1.29, 1.82) is 0 Å². The maximum atomic E-state index is 12.6. The number of hydrogen-bond acceptors (Lipinski definition) is 4. The van der Waals surface area contributed by atoms with Crippen LogP contribution < -0.4 is 10.6 Å². The zero-order valence-electron chi connectivity index (χ0n) is 19.9. The molecule has 2 N–H and O–H groups in total. The Morgan fingerprint density at radius 1 is 1.03 bits per heavy atom. The molecule has 7 nitrogen and oxygen atoms in total. The lowest BCUT2D eigenvalue weighted by atomic mass is 10.1. The van der Waals surface area contributed by atoms with Gasteiger partial charge in [-0.25, -0.2) is 4.99 Å². The lowest BCUT2D eigenvalue weighted by Crippen LogP contribution is -2.43. The Labute approximate surface area is 192 Å². The van der Waals surface area contributed by atoms with Crippen LogP contribution in [0.15, 0.2) is 59.7 Å². The lowest BCUT2D eigenvalue weighted by Gasteiger charge is -2.30. The first kappa shape index (κ1) is 25.3. The number of aliphatic imine (C=N–C) groups is 1. The molecule has 0 spiro atoms. The summed E-state index contributed by atoms with van der Waals surface area (Å²) in [5.41, 5.74) is 2.25. The Bertz CT molecular complexity index is 808. The summed E-state index contributed by atoms with van der Waals surface area (Å²) < 4.78 is 0. The van der Waals surface area contributed by atoms with E-state index in [1.807, 2.05) is 38.2 Å². The molecule has 1 atom stereocenters. The van der Waals surface area contributed by atoms with Crippen molar-refractivity contribution >= 4 is 11.9 Å². The average Bonchev–Trinajstić information content (AvgIpc) is 2.84. The molecule has 7 heteroatoms. The minimum atomic E-state index is -0.0125. The van der Waals surface area contributed by atoms with E-state index in [2.05, 4.69) is 63.6 Å². The van der Waals surface area contributed by atoms with Gasteiger partial charge in [0.05, 0.1) is 6.04 Å². The van der Waals surface area contributed by atoms with E-state index in [9.17, 15) is 4.79 Å². The molecule has 1 aromatic heterocycles. The molecule has 0 aliphatic heterocycles. The van der Waals surface area contributed by atoms with E-state index >= 15 is 0 Å². The molecule has 0 bridgehead atoms. The number of amides is 1. The number of rotatable bonds is 12. The highest BCUT2D eigenvalue weighted by Gasteiger charge is 2.18. The highest BCUT2D eigenvalue weighted by Crippen LogP contribution is 2.19. The SMILES string of the molecule is CCNC(=NCC(=O)N(C)CCc1ccccn1)NCC(c1ccccc1)N(CC)CC. The Morgan fingerprint density at radius 2 is 1.75 bits per heavy atom. The van der Waals surface area contributed by atoms with Crippen LogP contribution in [-0.2, 0) is 11.2 Å². The molecule has 0 fully saturated rings. The topological polar surface area (TPSA) is 72.9 Å². The van der Waals surface area contributed by atoms with Gasteiger partial charge in [0.25, 0.3) is 0 Å². The van der Waals surface area contributed by atoms with Crippen molar-refractivity contribution in [1.82, 2.24) is 25.4 Å². The third-order valence-corrected chi connectivity index (χ3v) is 5.47. The highest BCUT2D eigenvalue weighted by atomic mass is 16.2. The number of nitrogens with zero attached hydrogens (tertiary/aromatic N) is 4. The first-order valence-corrected chi connectivity index (χ1v) is 11.5. The average molecular weight is 439 g/mol. The van der Waals surface area contributed by atoms with Gasteiger partial charge in [0.2, 0.25) is 5.91 Å². The van der Waals surface area contributed by atoms with Crippen LogP contribution in [0.25, 0.3) is 0 Å². The minimum Gasteiger partial charge on any atom is -0.357 e. The summed E-state index contributed by atoms with van der Waals surface area (Å²) >= 11 is 0. The molecule has 0 aliphatic rings. The van der Waals surface area contributed by atoms with Crippen LogP contribution in [0, 0.1) is 0 Å². The Kier molecular flexibility index (Phi) is 11.2. The second-order valence-electron chi connectivity index (χ2n) is 7.61. The Balaban J connectivity index is 1.96. The Morgan fingerprint density at radius 3 is 2.38 bits per heavy atom. The summed E-state index contributed by atoms with van der Waals surface area (Å²) in [6, 6.07) is 16.6. The van der Waals surface area contributed by atoms with Gasteiger partial charge >= 0.3 is 0 Å². The maximum Gasteiger partial charge on any atom is 0.244 e. The summed E-state index contributed by atoms with van der Waals surface area (Å²) in [5, 5.41) is 6.69. The summed E-state index contributed by atoms with van der Waals surface area (Å²) in [5.74, 6) is 0.647. The fourth-order valence-electron chi connectivity index (χ4n) is 3.55. The largest absolute Gasteiger partial charge is 0.357 e. The van der Waals surface area contributed by atoms with E-state index < -0.39 is 0 Å². The predicted octanol–water partition coefficient (Wildman–Crippen LogP) is 2.72. The van der Waals surface area contributed by atoms with Crippen LogP contribution >= 0.6 is 0 Å². The van der Waals surface area contributed by atoms with Crippen LogP contribution in [0.3, 0.4) is 0 Å². The first-order valence-electron chi connectivity index (χ1n) is 11.5. The quantitative estimate of drug-likeness (QED) is 0.394. The number of hydrogen-bond donors (Lipinski definition) is 2. The maximum absolute atomic E-state index is 12.6. The monoisotopic (exact) mass is 438 g/mol. The van der Waals surface area contributed by atoms with Crippen LogP contribution in [0.5, 0.6) is 0 Å². The number of aromatic nitrogens is 1. The molecular formula is C25H38N6O. The van der Waals surface area contributed by atoms with Gasteiger partial charge in [0, 0.05) is 45.0 Å². The van der Waals surface area contributed by atoms with Crippen LogP contribution in [0.2, 0.25) is 0 Å². The van der Waals surface area contributed by atoms with Crippen LogP contribution in [0.4, 0.5) is 0 Å². The molecule has 2 rings (SSSR count). The molecule has 32 heavy (non-hydrogen) atoms. The second kappa shape index (κ2) is 14.2. The molecule has 2 aromatic rings. The number of likely N-dealkylation sites (N-methyl/N-ethyl adjacent to an activating group) is 2. The van der Waals surface area contributed by atoms with Crippen LogP contribution in [0.1, 0.15) is 38.1 Å². The number of pyridine rings is 1. The second-order valence-corrected chi connectivity index (χ2v) is 7.61. The van der Waals surface area contributed by atoms with Crippen molar-refractivity contribution in [3.05, 3.63) is 66.0 Å². The molecule has 0 aliphatic carbocycles. The smallest absolute Gasteiger partial charge is 0.244 e. The molecule has 1 heterocycles. The van der Waals surface area contributed by atoms with Gasteiger partial charge in [0.1, 0.15) is 6.54 Å². The fraction of sp³-hybridized carbons (Fsp3) is 0.480. The van der Waals surface area contributed by atoms with Gasteiger partial charge in [0.15, 0.2) is 5.96 Å². The molecule has 0 saturated heterocycles. The van der Waals surface area contributed by atoms with Gasteiger partial charge in [-0.05, 0) is 37.7 Å². The number of nitrogens with one attached hydrogen (secondary N) is 2. The zero-order chi connectivity index (χ0) is 23.2. The zero-order valence-corrected chi connectivity index (χ0v) is 19.9. The molecular weight excluding hydrogens is 400 g/mol. The molecule has 1 amide bonds. The van der Waals surface area contributed by atoms with E-state index in [0.717, 1.165) is 31.7 Å². The number of guanidine groups is 1. The van der Waals surface area contributed by atoms with Crippen molar-refractivity contribution in [3.8, 4) is 0 Å². The molecule has 174 valence electrons. The molecule has 1 unspecified atom stereocenters. The molecule has 0 radical (unpaired) electrons. The van der Waals surface area contributed by atoms with E-state index in [1.54, 1.807) is 11.1 Å². The fourth-order valence-corrected chi connectivity index (χ4v) is 3.55. The summed E-state index contributed by atoms with van der Waals surface area (Å²) in [4.78, 5) is 25.5. The van der Waals surface area contributed by atoms with Crippen LogP contribution in [-0.4, -0.2) is 73.0 Å². The van der Waals surface area contributed by atoms with E-state index in [-0.39, 0.29) is 18.5 Å². The van der Waals surface area contributed by atoms with Crippen molar-refractivity contribution < 1.29 is 4.79 Å². The van der Waals surface area contributed by atoms with Gasteiger partial charge in [-0.1, -0.05) is 50.2 Å². The van der Waals surface area contributed by atoms with Crippen molar-refractivity contribution in [2.75, 3.05) is 46.3 Å². The lowest BCUT2D eigenvalue weighted by molar-refractivity contribution is -0.128. The summed E-state index contributed by atoms with van der Waals surface area (Å²) in [6.45, 7) is 10.5. The third-order valence-electron chi connectivity index (χ3n) is 5.47. The van der Waals surface area contributed by atoms with Gasteiger partial charge in [-0.3, -0.25) is 14.7 Å².